The number of aromatic amines is 1. The van der Waals surface area contributed by atoms with E-state index in [1.165, 1.54) is 0 Å². The van der Waals surface area contributed by atoms with Crippen LogP contribution in [0.5, 0.6) is 0 Å². The molecular weight excluding hydrogens is 182 g/mol. The van der Waals surface area contributed by atoms with Crippen LogP contribution in [0.4, 0.5) is 6.01 Å². The van der Waals surface area contributed by atoms with Crippen LogP contribution in [0.1, 0.15) is 18.4 Å². The summed E-state index contributed by atoms with van der Waals surface area (Å²) in [6.45, 7) is 2.58. The smallest absolute Gasteiger partial charge is 0.321 e. The van der Waals surface area contributed by atoms with E-state index in [2.05, 4.69) is 25.7 Å². The average Bonchev–Trinajstić information content (AvgIpc) is 2.86. The van der Waals surface area contributed by atoms with Crippen molar-refractivity contribution in [3.05, 3.63) is 23.8 Å². The van der Waals surface area contributed by atoms with Gasteiger partial charge in [-0.3, -0.25) is 5.10 Å². The highest BCUT2D eigenvalue weighted by Crippen LogP contribution is 2.05. The highest BCUT2D eigenvalue weighted by Gasteiger charge is 2.03. The molecule has 0 bridgehead atoms. The quantitative estimate of drug-likeness (QED) is 0.756. The van der Waals surface area contributed by atoms with E-state index in [4.69, 9.17) is 4.52 Å². The Balaban J connectivity index is 1.92. The zero-order valence-corrected chi connectivity index (χ0v) is 7.82. The van der Waals surface area contributed by atoms with Crippen LogP contribution < -0.4 is 5.32 Å². The topological polar surface area (TPSA) is 79.6 Å². The molecule has 0 aliphatic carbocycles. The Bertz CT molecular complexity index is 380. The predicted octanol–water partition coefficient (Wildman–Crippen LogP) is 0.967. The van der Waals surface area contributed by atoms with Crippen molar-refractivity contribution in [3.63, 3.8) is 0 Å². The van der Waals surface area contributed by atoms with Crippen molar-refractivity contribution in [3.8, 4) is 0 Å². The van der Waals surface area contributed by atoms with Crippen LogP contribution in [0.2, 0.25) is 0 Å². The van der Waals surface area contributed by atoms with Gasteiger partial charge in [0.05, 0.1) is 12.2 Å². The Labute approximate surface area is 80.7 Å². The minimum atomic E-state index is 0.441. The number of anilines is 1. The van der Waals surface area contributed by atoms with Crippen molar-refractivity contribution in [1.82, 2.24) is 20.3 Å². The van der Waals surface area contributed by atoms with Gasteiger partial charge in [0.2, 0.25) is 0 Å². The maximum atomic E-state index is 4.95. The number of hydrogen-bond donors (Lipinski definition) is 2. The van der Waals surface area contributed by atoms with Gasteiger partial charge in [-0.15, -0.1) is 0 Å². The van der Waals surface area contributed by atoms with Gasteiger partial charge in [-0.2, -0.15) is 10.1 Å². The minimum absolute atomic E-state index is 0.441. The van der Waals surface area contributed by atoms with Gasteiger partial charge in [-0.25, -0.2) is 0 Å². The molecular formula is C8H11N5O. The molecule has 2 aromatic heterocycles. The van der Waals surface area contributed by atoms with E-state index in [9.17, 15) is 0 Å². The molecule has 2 N–H and O–H groups in total. The van der Waals surface area contributed by atoms with E-state index in [0.717, 1.165) is 12.1 Å². The summed E-state index contributed by atoms with van der Waals surface area (Å²) in [5.41, 5.74) is 0.973. The minimum Gasteiger partial charge on any atom is -0.332 e. The Kier molecular flexibility index (Phi) is 2.44. The second kappa shape index (κ2) is 3.91. The normalized spacial score (nSPS) is 10.4. The molecule has 0 atom stereocenters. The molecule has 6 heteroatoms. The fourth-order valence-electron chi connectivity index (χ4n) is 1.02. The maximum Gasteiger partial charge on any atom is 0.321 e. The van der Waals surface area contributed by atoms with Crippen LogP contribution in [-0.2, 0) is 13.0 Å². The summed E-state index contributed by atoms with van der Waals surface area (Å²) < 4.78 is 4.95. The van der Waals surface area contributed by atoms with Crippen LogP contribution >= 0.6 is 0 Å². The Hall–Kier alpha value is -1.85. The molecule has 2 heterocycles. The van der Waals surface area contributed by atoms with E-state index >= 15 is 0 Å². The number of nitrogens with zero attached hydrogens (tertiary/aromatic N) is 3. The number of aryl methyl sites for hydroxylation is 1. The molecule has 0 aliphatic rings. The van der Waals surface area contributed by atoms with Crippen LogP contribution in [0.3, 0.4) is 0 Å². The van der Waals surface area contributed by atoms with Crippen molar-refractivity contribution in [2.24, 2.45) is 0 Å². The second-order valence-electron chi connectivity index (χ2n) is 2.80. The summed E-state index contributed by atoms with van der Waals surface area (Å²) in [5.74, 6) is 0.706. The predicted molar refractivity (Wildman–Crippen MR) is 49.6 cm³/mol. The van der Waals surface area contributed by atoms with Gasteiger partial charge < -0.3 is 9.84 Å². The lowest BCUT2D eigenvalue weighted by Gasteiger charge is -1.95. The monoisotopic (exact) mass is 193 g/mol. The molecule has 0 amide bonds. The summed E-state index contributed by atoms with van der Waals surface area (Å²) in [5, 5.41) is 13.4. The molecule has 74 valence electrons. The van der Waals surface area contributed by atoms with Crippen molar-refractivity contribution in [2.45, 2.75) is 19.9 Å². The Morgan fingerprint density at radius 3 is 3.14 bits per heavy atom. The van der Waals surface area contributed by atoms with Gasteiger partial charge >= 0.3 is 6.01 Å². The van der Waals surface area contributed by atoms with E-state index in [0.29, 0.717) is 18.4 Å². The molecule has 0 radical (unpaired) electrons. The lowest BCUT2D eigenvalue weighted by atomic mass is 10.4. The lowest BCUT2D eigenvalue weighted by molar-refractivity contribution is 0.423. The first kappa shape index (κ1) is 8.74. The van der Waals surface area contributed by atoms with E-state index < -0.39 is 0 Å². The number of nitrogens with one attached hydrogen (secondary N) is 2. The van der Waals surface area contributed by atoms with Crippen LogP contribution in [0.15, 0.2) is 16.8 Å². The fourth-order valence-corrected chi connectivity index (χ4v) is 1.02. The summed E-state index contributed by atoms with van der Waals surface area (Å²) in [4.78, 5) is 4.10. The molecule has 0 unspecified atom stereocenters. The molecule has 6 nitrogen and oxygen atoms in total. The van der Waals surface area contributed by atoms with Crippen LogP contribution in [-0.4, -0.2) is 20.3 Å². The van der Waals surface area contributed by atoms with Gasteiger partial charge in [-0.05, 0) is 6.07 Å². The molecule has 0 saturated carbocycles. The highest BCUT2D eigenvalue weighted by molar-refractivity contribution is 5.20. The number of H-pyrrole nitrogens is 1. The summed E-state index contributed by atoms with van der Waals surface area (Å²) >= 11 is 0. The summed E-state index contributed by atoms with van der Waals surface area (Å²) in [7, 11) is 0. The maximum absolute atomic E-state index is 4.95. The van der Waals surface area contributed by atoms with Crippen molar-refractivity contribution < 1.29 is 4.52 Å². The van der Waals surface area contributed by atoms with Crippen molar-refractivity contribution >= 4 is 6.01 Å². The lowest BCUT2D eigenvalue weighted by Crippen LogP contribution is -2.00. The molecule has 0 spiro atoms. The van der Waals surface area contributed by atoms with Gasteiger partial charge in [0.1, 0.15) is 0 Å². The van der Waals surface area contributed by atoms with Gasteiger partial charge in [0.25, 0.3) is 0 Å². The number of hydrogen-bond acceptors (Lipinski definition) is 5. The van der Waals surface area contributed by atoms with Gasteiger partial charge in [0, 0.05) is 12.6 Å². The van der Waals surface area contributed by atoms with E-state index in [1.54, 1.807) is 6.20 Å². The first-order chi connectivity index (χ1) is 6.88. The van der Waals surface area contributed by atoms with Crippen LogP contribution in [0.25, 0.3) is 0 Å². The Morgan fingerprint density at radius 2 is 2.50 bits per heavy atom. The van der Waals surface area contributed by atoms with E-state index in [1.807, 2.05) is 13.0 Å². The third kappa shape index (κ3) is 1.90. The third-order valence-electron chi connectivity index (χ3n) is 1.77. The van der Waals surface area contributed by atoms with Crippen LogP contribution in [0, 0.1) is 0 Å². The molecule has 0 fully saturated rings. The highest BCUT2D eigenvalue weighted by atomic mass is 16.5. The van der Waals surface area contributed by atoms with Crippen molar-refractivity contribution in [2.75, 3.05) is 5.32 Å². The van der Waals surface area contributed by atoms with Gasteiger partial charge in [-0.1, -0.05) is 12.1 Å². The fraction of sp³-hybridized carbons (Fsp3) is 0.375. The van der Waals surface area contributed by atoms with E-state index in [-0.39, 0.29) is 0 Å². The molecule has 2 aromatic rings. The SMILES string of the molecule is CCc1noc(NCc2ccn[nH]2)n1. The zero-order valence-electron chi connectivity index (χ0n) is 7.82. The number of aromatic nitrogens is 4. The third-order valence-corrected chi connectivity index (χ3v) is 1.77. The largest absolute Gasteiger partial charge is 0.332 e. The molecule has 0 aromatic carbocycles. The standard InChI is InChI=1S/C8H11N5O/c1-2-7-11-8(14-13-7)9-5-6-3-4-10-12-6/h3-4H,2,5H2,1H3,(H,10,12)(H,9,11,13). The Morgan fingerprint density at radius 1 is 1.57 bits per heavy atom. The summed E-state index contributed by atoms with van der Waals surface area (Å²) in [6.07, 6.45) is 2.47. The molecule has 0 saturated heterocycles. The zero-order chi connectivity index (χ0) is 9.80. The molecule has 0 aliphatic heterocycles. The average molecular weight is 193 g/mol. The molecule has 2 rings (SSSR count). The van der Waals surface area contributed by atoms with Crippen molar-refractivity contribution in [1.29, 1.82) is 0 Å². The molecule has 14 heavy (non-hydrogen) atoms. The summed E-state index contributed by atoms with van der Waals surface area (Å²) in [6, 6.07) is 2.32. The first-order valence-electron chi connectivity index (χ1n) is 4.43. The second-order valence-corrected chi connectivity index (χ2v) is 2.80. The first-order valence-corrected chi connectivity index (χ1v) is 4.43. The van der Waals surface area contributed by atoms with Gasteiger partial charge in [0.15, 0.2) is 5.82 Å². The number of rotatable bonds is 4.